The molecule has 0 spiro atoms. The van der Waals surface area contributed by atoms with Crippen LogP contribution in [0.15, 0.2) is 40.0 Å². The minimum atomic E-state index is -0.418. The predicted octanol–water partition coefficient (Wildman–Crippen LogP) is 3.23. The lowest BCUT2D eigenvalue weighted by Crippen LogP contribution is -2.29. The maximum Gasteiger partial charge on any atom is 0.274 e. The summed E-state index contributed by atoms with van der Waals surface area (Å²) in [6, 6.07) is 9.56. The molecule has 3 aromatic rings. The number of amides is 1. The number of rotatable bonds is 6. The molecular weight excluding hydrogens is 418 g/mol. The van der Waals surface area contributed by atoms with Gasteiger partial charge in [0, 0.05) is 30.6 Å². The maximum absolute atomic E-state index is 12.8. The molecular formula is C21H25N5O2S2. The molecule has 1 fully saturated rings. The van der Waals surface area contributed by atoms with Gasteiger partial charge >= 0.3 is 0 Å². The summed E-state index contributed by atoms with van der Waals surface area (Å²) in [6.07, 6.45) is 7.48. The first kappa shape index (κ1) is 20.9. The van der Waals surface area contributed by atoms with Gasteiger partial charge in [0.05, 0.1) is 0 Å². The van der Waals surface area contributed by atoms with Gasteiger partial charge in [0.1, 0.15) is 5.69 Å². The number of thioether (sulfide) groups is 1. The smallest absolute Gasteiger partial charge is 0.274 e. The standard InChI is InChI=1S/C21H25N5O2S2/c1-29-16-8-6-15(7-9-16)10-11-22-19(28)17-14-18(27)23-20-26(17)24-21(30-20)25-12-4-2-3-5-13-25/h6-9,14H,2-5,10-13H2,1H3,(H,22,28). The minimum Gasteiger partial charge on any atom is -0.350 e. The highest BCUT2D eigenvalue weighted by molar-refractivity contribution is 7.98. The lowest BCUT2D eigenvalue weighted by molar-refractivity contribution is 0.0946. The maximum atomic E-state index is 12.8. The summed E-state index contributed by atoms with van der Waals surface area (Å²) >= 11 is 3.07. The van der Waals surface area contributed by atoms with Crippen LogP contribution in [0.5, 0.6) is 0 Å². The Kier molecular flexibility index (Phi) is 6.69. The van der Waals surface area contributed by atoms with Crippen molar-refractivity contribution in [3.05, 3.63) is 51.9 Å². The predicted molar refractivity (Wildman–Crippen MR) is 122 cm³/mol. The summed E-state index contributed by atoms with van der Waals surface area (Å²) < 4.78 is 1.51. The number of carbonyl (C=O) groups excluding carboxylic acids is 1. The fourth-order valence-electron chi connectivity index (χ4n) is 3.56. The molecule has 0 bridgehead atoms. The van der Waals surface area contributed by atoms with Crippen LogP contribution in [-0.2, 0) is 6.42 Å². The van der Waals surface area contributed by atoms with Gasteiger partial charge < -0.3 is 10.2 Å². The normalized spacial score (nSPS) is 14.6. The molecule has 7 nitrogen and oxygen atoms in total. The van der Waals surface area contributed by atoms with Crippen molar-refractivity contribution in [3.63, 3.8) is 0 Å². The SMILES string of the molecule is CSc1ccc(CCNC(=O)c2cc(=O)nc3sc(N4CCCCCC4)nn23)cc1. The zero-order valence-electron chi connectivity index (χ0n) is 17.0. The van der Waals surface area contributed by atoms with Gasteiger partial charge in [-0.2, -0.15) is 9.50 Å². The van der Waals surface area contributed by atoms with Crippen LogP contribution in [0.2, 0.25) is 0 Å². The van der Waals surface area contributed by atoms with Gasteiger partial charge in [0.15, 0.2) is 0 Å². The molecule has 0 radical (unpaired) electrons. The second-order valence-electron chi connectivity index (χ2n) is 7.31. The number of fused-ring (bicyclic) bond motifs is 1. The Labute approximate surface area is 183 Å². The fourth-order valence-corrected chi connectivity index (χ4v) is 4.93. The Morgan fingerprint density at radius 3 is 2.60 bits per heavy atom. The average molecular weight is 444 g/mol. The van der Waals surface area contributed by atoms with Crippen LogP contribution in [-0.4, -0.2) is 46.4 Å². The third kappa shape index (κ3) is 4.84. The molecule has 1 aliphatic rings. The molecule has 1 amide bonds. The molecule has 0 saturated carbocycles. The van der Waals surface area contributed by atoms with Crippen LogP contribution in [0.25, 0.3) is 4.96 Å². The van der Waals surface area contributed by atoms with E-state index in [1.165, 1.54) is 39.7 Å². The second kappa shape index (κ2) is 9.61. The number of benzene rings is 1. The van der Waals surface area contributed by atoms with Crippen molar-refractivity contribution >= 4 is 39.1 Å². The summed E-state index contributed by atoms with van der Waals surface area (Å²) in [5.74, 6) is -0.307. The Hall–Kier alpha value is -2.39. The zero-order chi connectivity index (χ0) is 20.9. The third-order valence-electron chi connectivity index (χ3n) is 5.21. The van der Waals surface area contributed by atoms with Gasteiger partial charge in [0.25, 0.3) is 11.5 Å². The molecule has 30 heavy (non-hydrogen) atoms. The van der Waals surface area contributed by atoms with E-state index in [2.05, 4.69) is 44.6 Å². The van der Waals surface area contributed by atoms with E-state index in [1.807, 2.05) is 6.26 Å². The van der Waals surface area contributed by atoms with E-state index in [9.17, 15) is 9.59 Å². The van der Waals surface area contributed by atoms with E-state index in [0.717, 1.165) is 43.0 Å². The number of carbonyl (C=O) groups is 1. The topological polar surface area (TPSA) is 79.6 Å². The molecule has 4 rings (SSSR count). The second-order valence-corrected chi connectivity index (χ2v) is 9.13. The van der Waals surface area contributed by atoms with E-state index in [-0.39, 0.29) is 11.6 Å². The summed E-state index contributed by atoms with van der Waals surface area (Å²) in [7, 11) is 0. The Balaban J connectivity index is 1.49. The first-order valence-corrected chi connectivity index (χ1v) is 12.3. The van der Waals surface area contributed by atoms with E-state index in [0.29, 0.717) is 11.5 Å². The minimum absolute atomic E-state index is 0.236. The molecule has 0 aliphatic carbocycles. The van der Waals surface area contributed by atoms with Gasteiger partial charge in [-0.25, -0.2) is 0 Å². The summed E-state index contributed by atoms with van der Waals surface area (Å²) in [5.41, 5.74) is 0.973. The Morgan fingerprint density at radius 2 is 1.90 bits per heavy atom. The van der Waals surface area contributed by atoms with Crippen LogP contribution in [0.4, 0.5) is 5.13 Å². The molecule has 158 valence electrons. The zero-order valence-corrected chi connectivity index (χ0v) is 18.6. The van der Waals surface area contributed by atoms with Gasteiger partial charge in [-0.3, -0.25) is 9.59 Å². The van der Waals surface area contributed by atoms with E-state index >= 15 is 0 Å². The number of nitrogens with one attached hydrogen (secondary N) is 1. The summed E-state index contributed by atoms with van der Waals surface area (Å²) in [4.78, 5) is 32.8. The Morgan fingerprint density at radius 1 is 1.17 bits per heavy atom. The average Bonchev–Trinajstić information content (AvgIpc) is 2.99. The fraction of sp³-hybridized carbons (Fsp3) is 0.429. The van der Waals surface area contributed by atoms with E-state index < -0.39 is 5.56 Å². The van der Waals surface area contributed by atoms with Crippen LogP contribution in [0, 0.1) is 0 Å². The van der Waals surface area contributed by atoms with Crippen molar-refractivity contribution < 1.29 is 4.79 Å². The first-order chi connectivity index (χ1) is 14.6. The van der Waals surface area contributed by atoms with Crippen molar-refractivity contribution in [2.45, 2.75) is 37.0 Å². The molecule has 0 unspecified atom stereocenters. The largest absolute Gasteiger partial charge is 0.350 e. The van der Waals surface area contributed by atoms with Crippen LogP contribution >= 0.6 is 23.1 Å². The lowest BCUT2D eigenvalue weighted by atomic mass is 10.1. The molecule has 1 N–H and O–H groups in total. The van der Waals surface area contributed by atoms with Gasteiger partial charge in [-0.1, -0.05) is 36.3 Å². The molecule has 1 aromatic carbocycles. The number of hydrogen-bond acceptors (Lipinski definition) is 7. The monoisotopic (exact) mass is 443 g/mol. The molecule has 9 heteroatoms. The van der Waals surface area contributed by atoms with Crippen molar-refractivity contribution in [2.75, 3.05) is 30.8 Å². The van der Waals surface area contributed by atoms with E-state index in [1.54, 1.807) is 11.8 Å². The van der Waals surface area contributed by atoms with Crippen molar-refractivity contribution in [1.82, 2.24) is 19.9 Å². The van der Waals surface area contributed by atoms with Crippen LogP contribution < -0.4 is 15.8 Å². The van der Waals surface area contributed by atoms with Crippen molar-refractivity contribution in [1.29, 1.82) is 0 Å². The number of hydrogen-bond donors (Lipinski definition) is 1. The highest BCUT2D eigenvalue weighted by Crippen LogP contribution is 2.25. The quantitative estimate of drug-likeness (QED) is 0.589. The van der Waals surface area contributed by atoms with E-state index in [4.69, 9.17) is 0 Å². The third-order valence-corrected chi connectivity index (χ3v) is 6.92. The van der Waals surface area contributed by atoms with Crippen molar-refractivity contribution in [3.8, 4) is 0 Å². The number of aromatic nitrogens is 3. The molecule has 2 aromatic heterocycles. The van der Waals surface area contributed by atoms with Crippen LogP contribution in [0.1, 0.15) is 41.7 Å². The number of anilines is 1. The van der Waals surface area contributed by atoms with Gasteiger partial charge in [-0.05, 0) is 43.2 Å². The highest BCUT2D eigenvalue weighted by Gasteiger charge is 2.19. The van der Waals surface area contributed by atoms with Gasteiger partial charge in [-0.15, -0.1) is 16.9 Å². The highest BCUT2D eigenvalue weighted by atomic mass is 32.2. The molecule has 1 saturated heterocycles. The van der Waals surface area contributed by atoms with Crippen molar-refractivity contribution in [2.24, 2.45) is 0 Å². The van der Waals surface area contributed by atoms with Crippen LogP contribution in [0.3, 0.4) is 0 Å². The molecule has 3 heterocycles. The summed E-state index contributed by atoms with van der Waals surface area (Å²) in [5, 5.41) is 8.35. The molecule has 0 atom stereocenters. The summed E-state index contributed by atoms with van der Waals surface area (Å²) in [6.45, 7) is 2.38. The lowest BCUT2D eigenvalue weighted by Gasteiger charge is -2.17. The Bertz CT molecular complexity index is 1070. The first-order valence-electron chi connectivity index (χ1n) is 10.2. The van der Waals surface area contributed by atoms with Gasteiger partial charge in [0.2, 0.25) is 10.1 Å². The molecule has 1 aliphatic heterocycles. The number of nitrogens with zero attached hydrogens (tertiary/aromatic N) is 4.